The van der Waals surface area contributed by atoms with Gasteiger partial charge >= 0.3 is 0 Å². The van der Waals surface area contributed by atoms with Gasteiger partial charge < -0.3 is 0 Å². The van der Waals surface area contributed by atoms with Crippen LogP contribution in [0.15, 0.2) is 91.0 Å². The van der Waals surface area contributed by atoms with E-state index in [0.29, 0.717) is 0 Å². The molecule has 0 aromatic heterocycles. The summed E-state index contributed by atoms with van der Waals surface area (Å²) in [6.45, 7) is 6.60. The Labute approximate surface area is 162 Å². The Bertz CT molecular complexity index is 1060. The molecule has 0 saturated carbocycles. The zero-order valence-electron chi connectivity index (χ0n) is 16.2. The van der Waals surface area contributed by atoms with Crippen molar-refractivity contribution in [3.8, 4) is 33.4 Å². The highest BCUT2D eigenvalue weighted by molar-refractivity contribution is 5.92. The molecule has 4 rings (SSSR count). The second-order valence-corrected chi connectivity index (χ2v) is 7.23. The molecule has 0 bridgehead atoms. The number of hydrogen-bond acceptors (Lipinski definition) is 0. The van der Waals surface area contributed by atoms with Crippen LogP contribution in [-0.2, 0) is 0 Å². The van der Waals surface area contributed by atoms with Crippen LogP contribution in [0.5, 0.6) is 0 Å². The standard InChI is InChI=1S/C27H24/c1-19-17-20(2)27(21(3)18-19)26-16-10-9-15-25(26)24-14-8-7-13-23(24)22-11-5-4-6-12-22/h4-18H,1-3H3. The van der Waals surface area contributed by atoms with Gasteiger partial charge in [-0.15, -0.1) is 0 Å². The quantitative estimate of drug-likeness (QED) is 0.357. The van der Waals surface area contributed by atoms with Crippen LogP contribution in [0, 0.1) is 20.8 Å². The van der Waals surface area contributed by atoms with E-state index < -0.39 is 0 Å². The minimum Gasteiger partial charge on any atom is -0.0622 e. The van der Waals surface area contributed by atoms with Gasteiger partial charge in [0.05, 0.1) is 0 Å². The summed E-state index contributed by atoms with van der Waals surface area (Å²) in [6.07, 6.45) is 0. The number of rotatable bonds is 3. The predicted octanol–water partition coefficient (Wildman–Crippen LogP) is 7.61. The van der Waals surface area contributed by atoms with Crippen molar-refractivity contribution in [2.45, 2.75) is 20.8 Å². The molecule has 0 nitrogen and oxygen atoms in total. The molecule has 0 atom stereocenters. The highest BCUT2D eigenvalue weighted by atomic mass is 14.2. The van der Waals surface area contributed by atoms with Crippen molar-refractivity contribution in [2.75, 3.05) is 0 Å². The molecule has 0 heterocycles. The van der Waals surface area contributed by atoms with E-state index >= 15 is 0 Å². The van der Waals surface area contributed by atoms with Crippen molar-refractivity contribution in [1.82, 2.24) is 0 Å². The molecule has 4 aromatic rings. The molecule has 0 heteroatoms. The average molecular weight is 348 g/mol. The fraction of sp³-hybridized carbons (Fsp3) is 0.111. The van der Waals surface area contributed by atoms with Crippen molar-refractivity contribution in [3.05, 3.63) is 108 Å². The Morgan fingerprint density at radius 1 is 0.444 bits per heavy atom. The Kier molecular flexibility index (Phi) is 4.64. The first kappa shape index (κ1) is 17.3. The molecule has 0 saturated heterocycles. The summed E-state index contributed by atoms with van der Waals surface area (Å²) in [6, 6.07) is 32.7. The molecule has 132 valence electrons. The SMILES string of the molecule is Cc1cc(C)c(-c2ccccc2-c2ccccc2-c2ccccc2)c(C)c1. The normalized spacial score (nSPS) is 10.8. The van der Waals surface area contributed by atoms with Crippen molar-refractivity contribution < 1.29 is 0 Å². The van der Waals surface area contributed by atoms with Crippen LogP contribution in [0.25, 0.3) is 33.4 Å². The molecule has 4 aromatic carbocycles. The molecule has 0 aliphatic carbocycles. The van der Waals surface area contributed by atoms with E-state index in [1.54, 1.807) is 0 Å². The molecule has 0 N–H and O–H groups in total. The monoisotopic (exact) mass is 348 g/mol. The highest BCUT2D eigenvalue weighted by Gasteiger charge is 2.14. The minimum absolute atomic E-state index is 1.25. The summed E-state index contributed by atoms with van der Waals surface area (Å²) >= 11 is 0. The molecule has 0 aliphatic rings. The van der Waals surface area contributed by atoms with Crippen LogP contribution in [0.1, 0.15) is 16.7 Å². The largest absolute Gasteiger partial charge is 0.0622 e. The van der Waals surface area contributed by atoms with Crippen LogP contribution in [0.4, 0.5) is 0 Å². The van der Waals surface area contributed by atoms with Crippen LogP contribution in [-0.4, -0.2) is 0 Å². The van der Waals surface area contributed by atoms with E-state index in [4.69, 9.17) is 0 Å². The average Bonchev–Trinajstić information content (AvgIpc) is 2.68. The summed E-state index contributed by atoms with van der Waals surface area (Å²) < 4.78 is 0. The number of benzene rings is 4. The fourth-order valence-electron chi connectivity index (χ4n) is 4.13. The molecule has 0 spiro atoms. The first-order valence-electron chi connectivity index (χ1n) is 9.47. The summed E-state index contributed by atoms with van der Waals surface area (Å²) in [7, 11) is 0. The van der Waals surface area contributed by atoms with Gasteiger partial charge in [-0.3, -0.25) is 0 Å². The van der Waals surface area contributed by atoms with E-state index in [0.717, 1.165) is 0 Å². The van der Waals surface area contributed by atoms with Gasteiger partial charge in [-0.25, -0.2) is 0 Å². The van der Waals surface area contributed by atoms with E-state index in [1.165, 1.54) is 50.1 Å². The molecule has 0 amide bonds. The highest BCUT2D eigenvalue weighted by Crippen LogP contribution is 2.40. The summed E-state index contributed by atoms with van der Waals surface area (Å²) in [5, 5.41) is 0. The van der Waals surface area contributed by atoms with Crippen LogP contribution >= 0.6 is 0 Å². The maximum Gasteiger partial charge on any atom is -0.00990 e. The van der Waals surface area contributed by atoms with Gasteiger partial charge in [0.2, 0.25) is 0 Å². The van der Waals surface area contributed by atoms with Crippen LogP contribution in [0.2, 0.25) is 0 Å². The van der Waals surface area contributed by atoms with Gasteiger partial charge in [0.1, 0.15) is 0 Å². The minimum atomic E-state index is 1.25. The maximum absolute atomic E-state index is 2.28. The Morgan fingerprint density at radius 3 is 1.48 bits per heavy atom. The third kappa shape index (κ3) is 3.31. The molecular weight excluding hydrogens is 324 g/mol. The van der Waals surface area contributed by atoms with Gasteiger partial charge in [-0.05, 0) is 65.3 Å². The Hall–Kier alpha value is -3.12. The lowest BCUT2D eigenvalue weighted by Crippen LogP contribution is -1.94. The molecule has 0 aliphatic heterocycles. The van der Waals surface area contributed by atoms with E-state index in [1.807, 2.05) is 0 Å². The smallest absolute Gasteiger partial charge is 0.00990 e. The molecule has 0 fully saturated rings. The lowest BCUT2D eigenvalue weighted by Gasteiger charge is -2.18. The number of hydrogen-bond donors (Lipinski definition) is 0. The number of aryl methyl sites for hydroxylation is 3. The Balaban J connectivity index is 1.97. The second kappa shape index (κ2) is 7.25. The van der Waals surface area contributed by atoms with E-state index in [-0.39, 0.29) is 0 Å². The van der Waals surface area contributed by atoms with Gasteiger partial charge in [-0.1, -0.05) is 96.6 Å². The third-order valence-electron chi connectivity index (χ3n) is 5.18. The molecule has 0 unspecified atom stereocenters. The zero-order chi connectivity index (χ0) is 18.8. The molecule has 27 heavy (non-hydrogen) atoms. The second-order valence-electron chi connectivity index (χ2n) is 7.23. The van der Waals surface area contributed by atoms with Crippen molar-refractivity contribution in [1.29, 1.82) is 0 Å². The maximum atomic E-state index is 2.28. The van der Waals surface area contributed by atoms with Crippen LogP contribution in [0.3, 0.4) is 0 Å². The fourth-order valence-corrected chi connectivity index (χ4v) is 4.13. The van der Waals surface area contributed by atoms with Crippen molar-refractivity contribution in [2.24, 2.45) is 0 Å². The first-order valence-corrected chi connectivity index (χ1v) is 9.47. The molecular formula is C27H24. The first-order chi connectivity index (χ1) is 13.1. The van der Waals surface area contributed by atoms with Gasteiger partial charge in [0, 0.05) is 0 Å². The van der Waals surface area contributed by atoms with Crippen molar-refractivity contribution >= 4 is 0 Å². The van der Waals surface area contributed by atoms with Crippen LogP contribution < -0.4 is 0 Å². The van der Waals surface area contributed by atoms with Gasteiger partial charge in [0.15, 0.2) is 0 Å². The lowest BCUT2D eigenvalue weighted by atomic mass is 9.86. The third-order valence-corrected chi connectivity index (χ3v) is 5.18. The lowest BCUT2D eigenvalue weighted by molar-refractivity contribution is 1.32. The summed E-state index contributed by atoms with van der Waals surface area (Å²) in [5.74, 6) is 0. The van der Waals surface area contributed by atoms with Gasteiger partial charge in [-0.2, -0.15) is 0 Å². The van der Waals surface area contributed by atoms with E-state index in [9.17, 15) is 0 Å². The van der Waals surface area contributed by atoms with Crippen molar-refractivity contribution in [3.63, 3.8) is 0 Å². The van der Waals surface area contributed by atoms with Gasteiger partial charge in [0.25, 0.3) is 0 Å². The zero-order valence-corrected chi connectivity index (χ0v) is 16.2. The Morgan fingerprint density at radius 2 is 0.889 bits per heavy atom. The summed E-state index contributed by atoms with van der Waals surface area (Å²) in [4.78, 5) is 0. The predicted molar refractivity (Wildman–Crippen MR) is 117 cm³/mol. The van der Waals surface area contributed by atoms with E-state index in [2.05, 4.69) is 112 Å². The summed E-state index contributed by atoms with van der Waals surface area (Å²) in [5.41, 5.74) is 11.7. The molecule has 0 radical (unpaired) electrons. The topological polar surface area (TPSA) is 0 Å².